The van der Waals surface area contributed by atoms with Crippen LogP contribution in [0.25, 0.3) is 12.2 Å². The molecule has 5 nitrogen and oxygen atoms in total. The van der Waals surface area contributed by atoms with E-state index in [0.29, 0.717) is 17.1 Å². The fraction of sp³-hybridized carbons (Fsp3) is 0.136. The van der Waals surface area contributed by atoms with Crippen molar-refractivity contribution in [3.63, 3.8) is 0 Å². The average Bonchev–Trinajstić information content (AvgIpc) is 2.66. The fourth-order valence-electron chi connectivity index (χ4n) is 2.33. The quantitative estimate of drug-likeness (QED) is 0.568. The molecule has 2 aromatic carbocycles. The number of aromatic hydroxyl groups is 1. The van der Waals surface area contributed by atoms with Crippen molar-refractivity contribution in [2.75, 3.05) is 14.2 Å². The molecular formula is C22H21O5. The average molecular weight is 365 g/mol. The van der Waals surface area contributed by atoms with Crippen LogP contribution in [0.15, 0.2) is 48.6 Å². The molecular weight excluding hydrogens is 344 g/mol. The van der Waals surface area contributed by atoms with Crippen LogP contribution in [0.5, 0.6) is 17.2 Å². The van der Waals surface area contributed by atoms with Gasteiger partial charge in [-0.15, -0.1) is 0 Å². The highest BCUT2D eigenvalue weighted by Crippen LogP contribution is 2.26. The first-order valence-electron chi connectivity index (χ1n) is 8.21. The molecule has 2 rings (SSSR count). The van der Waals surface area contributed by atoms with E-state index in [2.05, 4.69) is 6.92 Å². The van der Waals surface area contributed by atoms with Crippen LogP contribution in [0.2, 0.25) is 0 Å². The van der Waals surface area contributed by atoms with Crippen molar-refractivity contribution < 1.29 is 24.2 Å². The Labute approximate surface area is 158 Å². The van der Waals surface area contributed by atoms with Crippen LogP contribution in [-0.2, 0) is 9.59 Å². The Morgan fingerprint density at radius 2 is 1.44 bits per heavy atom. The smallest absolute Gasteiger partial charge is 0.163 e. The molecule has 0 heterocycles. The molecule has 1 radical (unpaired) electrons. The maximum absolute atomic E-state index is 12.0. The lowest BCUT2D eigenvalue weighted by atomic mass is 10.1. The Balaban J connectivity index is 1.96. The number of benzene rings is 2. The molecule has 0 atom stereocenters. The second kappa shape index (κ2) is 9.38. The van der Waals surface area contributed by atoms with E-state index in [1.54, 1.807) is 43.5 Å². The van der Waals surface area contributed by atoms with Gasteiger partial charge in [-0.05, 0) is 54.0 Å². The van der Waals surface area contributed by atoms with Crippen LogP contribution < -0.4 is 9.47 Å². The molecule has 0 aromatic heterocycles. The molecule has 2 aromatic rings. The molecule has 1 N–H and O–H groups in total. The molecule has 0 saturated heterocycles. The first-order valence-corrected chi connectivity index (χ1v) is 8.21. The summed E-state index contributed by atoms with van der Waals surface area (Å²) in [6.07, 6.45) is 5.67. The summed E-state index contributed by atoms with van der Waals surface area (Å²) in [6, 6.07) is 10.1. The second-order valence-corrected chi connectivity index (χ2v) is 5.78. The summed E-state index contributed by atoms with van der Waals surface area (Å²) in [6.45, 7) is 3.84. The molecule has 0 saturated carbocycles. The largest absolute Gasteiger partial charge is 0.504 e. The number of phenolic OH excluding ortho intramolecular Hbond substituents is 1. The van der Waals surface area contributed by atoms with Gasteiger partial charge in [0, 0.05) is 0 Å². The molecule has 0 spiro atoms. The van der Waals surface area contributed by atoms with E-state index in [-0.39, 0.29) is 23.7 Å². The zero-order valence-corrected chi connectivity index (χ0v) is 15.3. The summed E-state index contributed by atoms with van der Waals surface area (Å²) < 4.78 is 10.2. The minimum absolute atomic E-state index is 0.0183. The van der Waals surface area contributed by atoms with Crippen LogP contribution in [0.4, 0.5) is 0 Å². The Hall–Kier alpha value is -3.34. The van der Waals surface area contributed by atoms with Gasteiger partial charge in [0.15, 0.2) is 23.1 Å². The van der Waals surface area contributed by atoms with Gasteiger partial charge < -0.3 is 14.6 Å². The highest BCUT2D eigenvalue weighted by molar-refractivity contribution is 6.10. The Morgan fingerprint density at radius 1 is 0.926 bits per heavy atom. The third kappa shape index (κ3) is 5.85. The summed E-state index contributed by atoms with van der Waals surface area (Å²) in [7, 11) is 3.00. The van der Waals surface area contributed by atoms with Gasteiger partial charge in [0.1, 0.15) is 5.75 Å². The van der Waals surface area contributed by atoms with Gasteiger partial charge in [0.05, 0.1) is 20.6 Å². The van der Waals surface area contributed by atoms with E-state index in [9.17, 15) is 14.7 Å². The SMILES string of the molecule is [CH2]c1ccc(/C=C/C(=O)CC(=O)/C=C/c2ccc(O)c(OC)c2)cc1OC. The number of carbonyl (C=O) groups is 2. The van der Waals surface area contributed by atoms with Gasteiger partial charge in [0.25, 0.3) is 0 Å². The number of ether oxygens (including phenoxy) is 2. The molecule has 0 bridgehead atoms. The van der Waals surface area contributed by atoms with Crippen LogP contribution in [0, 0.1) is 6.92 Å². The summed E-state index contributed by atoms with van der Waals surface area (Å²) in [5.74, 6) is 0.345. The number of rotatable bonds is 8. The molecule has 0 aliphatic rings. The van der Waals surface area contributed by atoms with Gasteiger partial charge >= 0.3 is 0 Å². The van der Waals surface area contributed by atoms with Crippen molar-refractivity contribution in [1.82, 2.24) is 0 Å². The third-order valence-corrected chi connectivity index (χ3v) is 3.79. The molecule has 0 amide bonds. The lowest BCUT2D eigenvalue weighted by molar-refractivity contribution is -0.121. The normalized spacial score (nSPS) is 11.1. The predicted molar refractivity (Wildman–Crippen MR) is 105 cm³/mol. The monoisotopic (exact) mass is 365 g/mol. The van der Waals surface area contributed by atoms with Crippen LogP contribution in [-0.4, -0.2) is 30.9 Å². The topological polar surface area (TPSA) is 72.8 Å². The standard InChI is InChI=1S/C22H21O5/c1-15-4-5-16(12-21(15)26-2)6-9-18(23)14-19(24)10-7-17-8-11-20(25)22(13-17)27-3/h4-13,25H,1,14H2,2-3H3/b9-6+,10-7+. The van der Waals surface area contributed by atoms with Crippen LogP contribution >= 0.6 is 0 Å². The maximum atomic E-state index is 12.0. The van der Waals surface area contributed by atoms with E-state index in [4.69, 9.17) is 9.47 Å². The number of methoxy groups -OCH3 is 2. The highest BCUT2D eigenvalue weighted by Gasteiger charge is 2.05. The van der Waals surface area contributed by atoms with Crippen molar-refractivity contribution in [3.05, 3.63) is 72.2 Å². The van der Waals surface area contributed by atoms with Crippen LogP contribution in [0.1, 0.15) is 23.1 Å². The number of allylic oxidation sites excluding steroid dienone is 2. The van der Waals surface area contributed by atoms with Gasteiger partial charge in [-0.25, -0.2) is 0 Å². The number of hydrogen-bond donors (Lipinski definition) is 1. The predicted octanol–water partition coefficient (Wildman–Crippen LogP) is 3.85. The molecule has 0 unspecified atom stereocenters. The molecule has 0 aliphatic heterocycles. The number of ketones is 2. The highest BCUT2D eigenvalue weighted by atomic mass is 16.5. The fourth-order valence-corrected chi connectivity index (χ4v) is 2.33. The van der Waals surface area contributed by atoms with E-state index >= 15 is 0 Å². The van der Waals surface area contributed by atoms with Crippen LogP contribution in [0.3, 0.4) is 0 Å². The third-order valence-electron chi connectivity index (χ3n) is 3.79. The molecule has 27 heavy (non-hydrogen) atoms. The Kier molecular flexibility index (Phi) is 6.94. The minimum Gasteiger partial charge on any atom is -0.504 e. The first kappa shape index (κ1) is 20.0. The molecule has 139 valence electrons. The van der Waals surface area contributed by atoms with Crippen molar-refractivity contribution in [2.24, 2.45) is 0 Å². The number of phenols is 1. The number of hydrogen-bond acceptors (Lipinski definition) is 5. The van der Waals surface area contributed by atoms with Gasteiger partial charge in [-0.2, -0.15) is 0 Å². The first-order chi connectivity index (χ1) is 12.9. The lowest BCUT2D eigenvalue weighted by Crippen LogP contribution is -2.01. The Morgan fingerprint density at radius 3 is 2.00 bits per heavy atom. The summed E-state index contributed by atoms with van der Waals surface area (Å²) in [5, 5.41) is 9.55. The molecule has 5 heteroatoms. The van der Waals surface area contributed by atoms with E-state index < -0.39 is 0 Å². The second-order valence-electron chi connectivity index (χ2n) is 5.78. The molecule has 0 aliphatic carbocycles. The zero-order chi connectivity index (χ0) is 19.8. The molecule has 0 fully saturated rings. The minimum atomic E-state index is -0.317. The van der Waals surface area contributed by atoms with Gasteiger partial charge in [-0.1, -0.05) is 30.4 Å². The van der Waals surface area contributed by atoms with Gasteiger partial charge in [0.2, 0.25) is 0 Å². The Bertz CT molecular complexity index is 820. The van der Waals surface area contributed by atoms with Crippen molar-refractivity contribution in [3.8, 4) is 17.2 Å². The van der Waals surface area contributed by atoms with Crippen molar-refractivity contribution in [2.45, 2.75) is 6.42 Å². The number of carbonyl (C=O) groups excluding carboxylic acids is 2. The van der Waals surface area contributed by atoms with Gasteiger partial charge in [-0.3, -0.25) is 9.59 Å². The zero-order valence-electron chi connectivity index (χ0n) is 15.3. The van der Waals surface area contributed by atoms with Crippen molar-refractivity contribution >= 4 is 23.7 Å². The van der Waals surface area contributed by atoms with E-state index in [1.807, 2.05) is 6.07 Å². The van der Waals surface area contributed by atoms with E-state index in [1.165, 1.54) is 25.3 Å². The summed E-state index contributed by atoms with van der Waals surface area (Å²) >= 11 is 0. The van der Waals surface area contributed by atoms with E-state index in [0.717, 1.165) is 11.1 Å². The van der Waals surface area contributed by atoms with Crippen molar-refractivity contribution in [1.29, 1.82) is 0 Å². The summed E-state index contributed by atoms with van der Waals surface area (Å²) in [5.41, 5.74) is 2.22. The lowest BCUT2D eigenvalue weighted by Gasteiger charge is -2.04. The summed E-state index contributed by atoms with van der Waals surface area (Å²) in [4.78, 5) is 23.9. The maximum Gasteiger partial charge on any atom is 0.163 e.